The van der Waals surface area contributed by atoms with E-state index in [1.807, 2.05) is 0 Å². The number of anilines is 1. The standard InChI is InChI=1S/C8H11N3O2S/c1-11-8-6(7(10)13)4(3-14-8)2-5(9)12/h3,11H,2H2,1H3,(H2,9,12)(H2,10,13). The molecule has 1 aromatic rings. The largest absolute Gasteiger partial charge is 0.379 e. The third kappa shape index (κ3) is 2.02. The summed E-state index contributed by atoms with van der Waals surface area (Å²) in [4.78, 5) is 21.8. The summed E-state index contributed by atoms with van der Waals surface area (Å²) in [6, 6.07) is 0. The maximum absolute atomic E-state index is 11.1. The van der Waals surface area contributed by atoms with Crippen LogP contribution in [0.4, 0.5) is 5.00 Å². The lowest BCUT2D eigenvalue weighted by Crippen LogP contribution is -2.18. The van der Waals surface area contributed by atoms with E-state index >= 15 is 0 Å². The number of nitrogens with two attached hydrogens (primary N) is 2. The molecule has 0 aliphatic carbocycles. The SMILES string of the molecule is CNc1scc(CC(N)=O)c1C(N)=O. The maximum Gasteiger partial charge on any atom is 0.251 e. The third-order valence-electron chi connectivity index (χ3n) is 1.71. The van der Waals surface area contributed by atoms with Gasteiger partial charge in [-0.25, -0.2) is 0 Å². The second kappa shape index (κ2) is 4.10. The molecule has 0 unspecified atom stereocenters. The second-order valence-corrected chi connectivity index (χ2v) is 3.60. The van der Waals surface area contributed by atoms with Gasteiger partial charge >= 0.3 is 0 Å². The highest BCUT2D eigenvalue weighted by molar-refractivity contribution is 7.14. The first-order chi connectivity index (χ1) is 6.56. The van der Waals surface area contributed by atoms with Crippen LogP contribution in [0.5, 0.6) is 0 Å². The number of amides is 2. The van der Waals surface area contributed by atoms with Crippen LogP contribution in [0.3, 0.4) is 0 Å². The quantitative estimate of drug-likeness (QED) is 0.652. The van der Waals surface area contributed by atoms with Crippen molar-refractivity contribution >= 4 is 28.2 Å². The van der Waals surface area contributed by atoms with Crippen LogP contribution < -0.4 is 16.8 Å². The molecule has 0 saturated carbocycles. The molecule has 5 nitrogen and oxygen atoms in total. The van der Waals surface area contributed by atoms with E-state index in [9.17, 15) is 9.59 Å². The van der Waals surface area contributed by atoms with Crippen LogP contribution in [0.25, 0.3) is 0 Å². The topological polar surface area (TPSA) is 98.2 Å². The molecule has 0 fully saturated rings. The van der Waals surface area contributed by atoms with Crippen molar-refractivity contribution in [3.63, 3.8) is 0 Å². The number of nitrogens with one attached hydrogen (secondary N) is 1. The van der Waals surface area contributed by atoms with Crippen molar-refractivity contribution in [3.8, 4) is 0 Å². The van der Waals surface area contributed by atoms with Gasteiger partial charge in [-0.1, -0.05) is 0 Å². The summed E-state index contributed by atoms with van der Waals surface area (Å²) in [5, 5.41) is 5.20. The Morgan fingerprint density at radius 2 is 2.14 bits per heavy atom. The molecule has 0 atom stereocenters. The Hall–Kier alpha value is -1.56. The third-order valence-corrected chi connectivity index (χ3v) is 2.75. The molecule has 0 aliphatic rings. The minimum absolute atomic E-state index is 0.0381. The van der Waals surface area contributed by atoms with Crippen molar-refractivity contribution in [3.05, 3.63) is 16.5 Å². The van der Waals surface area contributed by atoms with Gasteiger partial charge in [0.25, 0.3) is 5.91 Å². The molecular weight excluding hydrogens is 202 g/mol. The summed E-state index contributed by atoms with van der Waals surface area (Å²) in [7, 11) is 1.69. The second-order valence-electron chi connectivity index (χ2n) is 2.72. The Balaban J connectivity index is 3.10. The summed E-state index contributed by atoms with van der Waals surface area (Å²) in [6.07, 6.45) is 0.0381. The number of hydrogen-bond donors (Lipinski definition) is 3. The fraction of sp³-hybridized carbons (Fsp3) is 0.250. The van der Waals surface area contributed by atoms with Crippen molar-refractivity contribution in [2.24, 2.45) is 11.5 Å². The monoisotopic (exact) mass is 213 g/mol. The molecule has 76 valence electrons. The molecule has 1 rings (SSSR count). The molecule has 6 heteroatoms. The van der Waals surface area contributed by atoms with E-state index in [0.717, 1.165) is 0 Å². The summed E-state index contributed by atoms with van der Waals surface area (Å²) < 4.78 is 0. The lowest BCUT2D eigenvalue weighted by molar-refractivity contribution is -0.117. The highest BCUT2D eigenvalue weighted by Crippen LogP contribution is 2.27. The van der Waals surface area contributed by atoms with E-state index < -0.39 is 11.8 Å². The maximum atomic E-state index is 11.1. The predicted molar refractivity (Wildman–Crippen MR) is 55.3 cm³/mol. The summed E-state index contributed by atoms with van der Waals surface area (Å²) in [5.74, 6) is -1.03. The van der Waals surface area contributed by atoms with Gasteiger partial charge in [0, 0.05) is 7.05 Å². The predicted octanol–water partition coefficient (Wildman–Crippen LogP) is -0.0835. The zero-order valence-electron chi connectivity index (χ0n) is 7.66. The van der Waals surface area contributed by atoms with Gasteiger partial charge < -0.3 is 16.8 Å². The molecule has 0 radical (unpaired) electrons. The van der Waals surface area contributed by atoms with Gasteiger partial charge in [-0.2, -0.15) is 0 Å². The van der Waals surface area contributed by atoms with Gasteiger partial charge in [0.15, 0.2) is 0 Å². The molecule has 5 N–H and O–H groups in total. The Morgan fingerprint density at radius 1 is 1.50 bits per heavy atom. The number of primary amides is 2. The first-order valence-corrected chi connectivity index (χ1v) is 4.80. The van der Waals surface area contributed by atoms with E-state index in [1.54, 1.807) is 12.4 Å². The molecule has 14 heavy (non-hydrogen) atoms. The van der Waals surface area contributed by atoms with Gasteiger partial charge in [0.05, 0.1) is 12.0 Å². The number of rotatable bonds is 4. The average Bonchev–Trinajstić information content (AvgIpc) is 2.46. The van der Waals surface area contributed by atoms with E-state index in [2.05, 4.69) is 5.32 Å². The van der Waals surface area contributed by atoms with Crippen LogP contribution in [0.15, 0.2) is 5.38 Å². The number of carbonyl (C=O) groups excluding carboxylic acids is 2. The van der Waals surface area contributed by atoms with Crippen molar-refractivity contribution in [1.82, 2.24) is 0 Å². The Kier molecular flexibility index (Phi) is 3.08. The van der Waals surface area contributed by atoms with Crippen LogP contribution in [0, 0.1) is 0 Å². The molecule has 1 heterocycles. The van der Waals surface area contributed by atoms with Gasteiger partial charge in [-0.3, -0.25) is 9.59 Å². The Morgan fingerprint density at radius 3 is 2.57 bits per heavy atom. The van der Waals surface area contributed by atoms with Gasteiger partial charge in [0.1, 0.15) is 5.00 Å². The molecule has 0 spiro atoms. The fourth-order valence-electron chi connectivity index (χ4n) is 1.17. The smallest absolute Gasteiger partial charge is 0.251 e. The van der Waals surface area contributed by atoms with E-state index in [1.165, 1.54) is 11.3 Å². The van der Waals surface area contributed by atoms with Gasteiger partial charge in [0.2, 0.25) is 5.91 Å². The van der Waals surface area contributed by atoms with Crippen molar-refractivity contribution < 1.29 is 9.59 Å². The van der Waals surface area contributed by atoms with Gasteiger partial charge in [-0.15, -0.1) is 11.3 Å². The molecule has 0 aliphatic heterocycles. The first kappa shape index (κ1) is 10.5. The lowest BCUT2D eigenvalue weighted by atomic mass is 10.1. The van der Waals surface area contributed by atoms with Crippen LogP contribution in [0.1, 0.15) is 15.9 Å². The Bertz CT molecular complexity index is 373. The Labute approximate surface area is 85.1 Å². The fourth-order valence-corrected chi connectivity index (χ4v) is 2.09. The van der Waals surface area contributed by atoms with E-state index in [0.29, 0.717) is 16.1 Å². The first-order valence-electron chi connectivity index (χ1n) is 3.92. The molecule has 0 bridgehead atoms. The van der Waals surface area contributed by atoms with Crippen LogP contribution in [-0.4, -0.2) is 18.9 Å². The molecule has 0 aromatic carbocycles. The minimum Gasteiger partial charge on any atom is -0.379 e. The zero-order chi connectivity index (χ0) is 10.7. The average molecular weight is 213 g/mol. The highest BCUT2D eigenvalue weighted by atomic mass is 32.1. The van der Waals surface area contributed by atoms with Crippen molar-refractivity contribution in [2.75, 3.05) is 12.4 Å². The number of hydrogen-bond acceptors (Lipinski definition) is 4. The van der Waals surface area contributed by atoms with Crippen LogP contribution >= 0.6 is 11.3 Å². The minimum atomic E-state index is -0.549. The van der Waals surface area contributed by atoms with Crippen molar-refractivity contribution in [2.45, 2.75) is 6.42 Å². The highest BCUT2D eigenvalue weighted by Gasteiger charge is 2.16. The summed E-state index contributed by atoms with van der Waals surface area (Å²) >= 11 is 1.33. The summed E-state index contributed by atoms with van der Waals surface area (Å²) in [6.45, 7) is 0. The van der Waals surface area contributed by atoms with Crippen molar-refractivity contribution in [1.29, 1.82) is 0 Å². The molecule has 2 amide bonds. The molecular formula is C8H11N3O2S. The number of thiophene rings is 1. The van der Waals surface area contributed by atoms with Crippen LogP contribution in [-0.2, 0) is 11.2 Å². The zero-order valence-corrected chi connectivity index (χ0v) is 8.48. The molecule has 1 aromatic heterocycles. The molecule has 0 saturated heterocycles. The van der Waals surface area contributed by atoms with E-state index in [4.69, 9.17) is 11.5 Å². The van der Waals surface area contributed by atoms with Crippen LogP contribution in [0.2, 0.25) is 0 Å². The normalized spacial score (nSPS) is 9.79. The van der Waals surface area contributed by atoms with Gasteiger partial charge in [-0.05, 0) is 10.9 Å². The van der Waals surface area contributed by atoms with E-state index in [-0.39, 0.29) is 6.42 Å². The lowest BCUT2D eigenvalue weighted by Gasteiger charge is -2.01. The number of carbonyl (C=O) groups is 2. The summed E-state index contributed by atoms with van der Waals surface area (Å²) in [5.41, 5.74) is 11.2.